The number of alkyl halides is 4. The number of halogens is 4. The van der Waals surface area contributed by atoms with Gasteiger partial charge >= 0.3 is 25.6 Å². The fourth-order valence-corrected chi connectivity index (χ4v) is 6.05. The molecule has 2 unspecified atom stereocenters. The standard InChI is InChI=1S/C25H24F4NO6PS/c1-3-12-34-24(32)21-15-18-14-17(9-10-20(18)38-21)22(26)37(33,36-19-7-5-4-6-8-19)30-16(2)23(31)35-13-11-25(27,28)29/h3-10,14-16,22H,1,11-13H2,2H3,(H,30,33)/t16-,22?,37?/m0/s1. The second-order valence-electron chi connectivity index (χ2n) is 8.02. The largest absolute Gasteiger partial charge is 0.464 e. The molecule has 1 aromatic heterocycles. The molecule has 0 aliphatic rings. The molecule has 1 heterocycles. The minimum atomic E-state index is -4.57. The first-order chi connectivity index (χ1) is 17.9. The molecule has 0 saturated carbocycles. The van der Waals surface area contributed by atoms with Gasteiger partial charge in [0.2, 0.25) is 5.91 Å². The normalized spacial score (nSPS) is 14.8. The van der Waals surface area contributed by atoms with Crippen LogP contribution in [0.2, 0.25) is 0 Å². The van der Waals surface area contributed by atoms with Gasteiger partial charge in [0.25, 0.3) is 0 Å². The average Bonchev–Trinajstić information content (AvgIpc) is 3.30. The summed E-state index contributed by atoms with van der Waals surface area (Å²) >= 11 is 1.12. The molecule has 3 aromatic rings. The summed E-state index contributed by atoms with van der Waals surface area (Å²) in [5, 5.41) is 2.78. The van der Waals surface area contributed by atoms with Gasteiger partial charge in [-0.2, -0.15) is 13.2 Å². The monoisotopic (exact) mass is 573 g/mol. The SMILES string of the molecule is C=CCOC(=O)c1cc2cc(C(F)P(=O)(N[C@@H](C)C(=O)OCCC(F)(F)F)Oc3ccccc3)ccc2s1. The summed E-state index contributed by atoms with van der Waals surface area (Å²) in [5.74, 6) is -4.00. The maximum Gasteiger partial charge on any atom is 0.392 e. The minimum Gasteiger partial charge on any atom is -0.464 e. The van der Waals surface area contributed by atoms with Crippen molar-refractivity contribution in [3.8, 4) is 5.75 Å². The van der Waals surface area contributed by atoms with Gasteiger partial charge in [-0.25, -0.2) is 14.3 Å². The summed E-state index contributed by atoms with van der Waals surface area (Å²) in [6.45, 7) is 3.73. The topological polar surface area (TPSA) is 90.9 Å². The van der Waals surface area contributed by atoms with Gasteiger partial charge in [-0.1, -0.05) is 36.9 Å². The van der Waals surface area contributed by atoms with Gasteiger partial charge < -0.3 is 14.0 Å². The Hall–Kier alpha value is -3.21. The molecule has 13 heteroatoms. The highest BCUT2D eigenvalue weighted by molar-refractivity contribution is 7.57. The highest BCUT2D eigenvalue weighted by atomic mass is 32.1. The van der Waals surface area contributed by atoms with Crippen LogP contribution in [0.5, 0.6) is 5.75 Å². The van der Waals surface area contributed by atoms with Crippen LogP contribution >= 0.6 is 18.9 Å². The van der Waals surface area contributed by atoms with Crippen LogP contribution in [0, 0.1) is 0 Å². The molecule has 0 aliphatic carbocycles. The number of fused-ring (bicyclic) bond motifs is 1. The minimum absolute atomic E-state index is 0.0212. The molecule has 0 spiro atoms. The van der Waals surface area contributed by atoms with Gasteiger partial charge in [0.1, 0.15) is 23.3 Å². The van der Waals surface area contributed by atoms with E-state index >= 15 is 4.39 Å². The lowest BCUT2D eigenvalue weighted by Gasteiger charge is -2.26. The molecule has 0 amide bonds. The summed E-state index contributed by atoms with van der Waals surface area (Å²) in [6, 6.07) is 11.9. The molecule has 0 saturated heterocycles. The fraction of sp³-hybridized carbons (Fsp3) is 0.280. The number of hydrogen-bond acceptors (Lipinski definition) is 7. The zero-order valence-electron chi connectivity index (χ0n) is 20.1. The van der Waals surface area contributed by atoms with E-state index < -0.39 is 50.6 Å². The number of para-hydroxylation sites is 1. The lowest BCUT2D eigenvalue weighted by Crippen LogP contribution is -2.36. The Morgan fingerprint density at radius 1 is 1.13 bits per heavy atom. The van der Waals surface area contributed by atoms with Crippen LogP contribution in [-0.4, -0.2) is 37.4 Å². The molecule has 1 N–H and O–H groups in total. The van der Waals surface area contributed by atoms with Crippen molar-refractivity contribution in [3.05, 3.63) is 77.7 Å². The first-order valence-corrected chi connectivity index (χ1v) is 13.7. The van der Waals surface area contributed by atoms with Crippen LogP contribution in [0.1, 0.15) is 34.5 Å². The van der Waals surface area contributed by atoms with E-state index in [0.29, 0.717) is 10.1 Å². The van der Waals surface area contributed by atoms with Gasteiger partial charge in [-0.3, -0.25) is 9.36 Å². The van der Waals surface area contributed by atoms with E-state index in [1.165, 1.54) is 49.4 Å². The van der Waals surface area contributed by atoms with Gasteiger partial charge in [-0.05, 0) is 48.2 Å². The lowest BCUT2D eigenvalue weighted by atomic mass is 10.2. The number of thiophene rings is 1. The predicted molar refractivity (Wildman–Crippen MR) is 135 cm³/mol. The maximum atomic E-state index is 15.9. The van der Waals surface area contributed by atoms with Crippen molar-refractivity contribution < 1.29 is 45.7 Å². The number of rotatable bonds is 12. The first kappa shape index (κ1) is 29.3. The van der Waals surface area contributed by atoms with E-state index in [-0.39, 0.29) is 22.8 Å². The fourth-order valence-electron chi connectivity index (χ4n) is 3.20. The molecule has 38 heavy (non-hydrogen) atoms. The van der Waals surface area contributed by atoms with Crippen LogP contribution in [0.15, 0.2) is 67.3 Å². The van der Waals surface area contributed by atoms with E-state index in [1.54, 1.807) is 18.2 Å². The van der Waals surface area contributed by atoms with Gasteiger partial charge in [0, 0.05) is 4.70 Å². The second kappa shape index (κ2) is 12.6. The zero-order valence-corrected chi connectivity index (χ0v) is 21.8. The Morgan fingerprint density at radius 2 is 1.84 bits per heavy atom. The van der Waals surface area contributed by atoms with Crippen LogP contribution in [0.25, 0.3) is 10.1 Å². The molecule has 2 aromatic carbocycles. The molecule has 204 valence electrons. The van der Waals surface area contributed by atoms with E-state index in [2.05, 4.69) is 16.4 Å². The Bertz CT molecular complexity index is 1330. The van der Waals surface area contributed by atoms with Crippen molar-refractivity contribution in [1.29, 1.82) is 0 Å². The number of ether oxygens (including phenoxy) is 2. The van der Waals surface area contributed by atoms with Crippen molar-refractivity contribution >= 4 is 40.9 Å². The molecule has 7 nitrogen and oxygen atoms in total. The van der Waals surface area contributed by atoms with Gasteiger partial charge in [0.05, 0.1) is 13.0 Å². The highest BCUT2D eigenvalue weighted by Gasteiger charge is 2.41. The number of carbonyl (C=O) groups excluding carboxylic acids is 2. The summed E-state index contributed by atoms with van der Waals surface area (Å²) in [7, 11) is -4.57. The molecule has 3 atom stereocenters. The van der Waals surface area contributed by atoms with Crippen molar-refractivity contribution in [3.63, 3.8) is 0 Å². The molecule has 0 radical (unpaired) electrons. The molecule has 0 bridgehead atoms. The quantitative estimate of drug-likeness (QED) is 0.108. The van der Waals surface area contributed by atoms with Gasteiger partial charge in [0.15, 0.2) is 0 Å². The van der Waals surface area contributed by atoms with E-state index in [9.17, 15) is 27.3 Å². The van der Waals surface area contributed by atoms with Crippen molar-refractivity contribution in [1.82, 2.24) is 5.09 Å². The number of nitrogens with one attached hydrogen (secondary N) is 1. The number of esters is 2. The van der Waals surface area contributed by atoms with Crippen LogP contribution in [-0.2, 0) is 18.8 Å². The molecule has 0 fully saturated rings. The summed E-state index contributed by atoms with van der Waals surface area (Å²) in [5.41, 5.74) is -0.0780. The Balaban J connectivity index is 1.86. The molecular formula is C25H24F4NO6PS. The van der Waals surface area contributed by atoms with Crippen molar-refractivity contribution in [2.24, 2.45) is 0 Å². The molecular weight excluding hydrogens is 549 g/mol. The number of carbonyl (C=O) groups is 2. The Kier molecular flexibility index (Phi) is 9.70. The lowest BCUT2D eigenvalue weighted by molar-refractivity contribution is -0.160. The maximum absolute atomic E-state index is 15.9. The zero-order chi connectivity index (χ0) is 27.9. The predicted octanol–water partition coefficient (Wildman–Crippen LogP) is 6.96. The number of benzene rings is 2. The van der Waals surface area contributed by atoms with Crippen LogP contribution in [0.3, 0.4) is 0 Å². The van der Waals surface area contributed by atoms with Crippen LogP contribution < -0.4 is 9.61 Å². The van der Waals surface area contributed by atoms with E-state index in [4.69, 9.17) is 9.26 Å². The van der Waals surface area contributed by atoms with Crippen molar-refractivity contribution in [2.75, 3.05) is 13.2 Å². The molecule has 3 rings (SSSR count). The Labute approximate surface area is 219 Å². The highest BCUT2D eigenvalue weighted by Crippen LogP contribution is 2.58. The summed E-state index contributed by atoms with van der Waals surface area (Å²) in [4.78, 5) is 24.7. The summed E-state index contributed by atoms with van der Waals surface area (Å²) < 4.78 is 82.6. The third-order valence-electron chi connectivity index (χ3n) is 4.99. The average molecular weight is 574 g/mol. The van der Waals surface area contributed by atoms with E-state index in [1.807, 2.05) is 0 Å². The summed E-state index contributed by atoms with van der Waals surface area (Å²) in [6.07, 6.45) is -4.48. The third-order valence-corrected chi connectivity index (χ3v) is 8.21. The van der Waals surface area contributed by atoms with Crippen LogP contribution in [0.4, 0.5) is 17.6 Å². The second-order valence-corrected chi connectivity index (χ2v) is 11.2. The third kappa shape index (κ3) is 7.89. The Morgan fingerprint density at radius 3 is 2.50 bits per heavy atom. The molecule has 0 aliphatic heterocycles. The van der Waals surface area contributed by atoms with Gasteiger partial charge in [-0.15, -0.1) is 11.3 Å². The van der Waals surface area contributed by atoms with Crippen molar-refractivity contribution in [2.45, 2.75) is 31.5 Å². The number of hydrogen-bond donors (Lipinski definition) is 1. The smallest absolute Gasteiger partial charge is 0.392 e. The first-order valence-electron chi connectivity index (χ1n) is 11.2. The van der Waals surface area contributed by atoms with E-state index in [0.717, 1.165) is 11.3 Å².